The van der Waals surface area contributed by atoms with E-state index in [1.54, 1.807) is 11.3 Å². The van der Waals surface area contributed by atoms with E-state index in [1.807, 2.05) is 0 Å². The number of nitrogens with zero attached hydrogens (tertiary/aromatic N) is 1. The van der Waals surface area contributed by atoms with Crippen molar-refractivity contribution in [2.75, 3.05) is 12.3 Å². The fourth-order valence-electron chi connectivity index (χ4n) is 2.90. The number of hydrogen-bond donors (Lipinski definition) is 2. The minimum absolute atomic E-state index is 0.0317. The number of H-pyrrole nitrogens is 1. The molecule has 1 amide bonds. The maximum Gasteiger partial charge on any atom is 0.260 e. The molecular formula is C17H23N3O2S2. The van der Waals surface area contributed by atoms with Crippen molar-refractivity contribution in [3.8, 4) is 0 Å². The third-order valence-electron chi connectivity index (χ3n) is 4.19. The zero-order chi connectivity index (χ0) is 17.3. The quantitative estimate of drug-likeness (QED) is 0.631. The predicted octanol–water partition coefficient (Wildman–Crippen LogP) is 2.97. The van der Waals surface area contributed by atoms with Crippen LogP contribution in [0.1, 0.15) is 37.6 Å². The number of fused-ring (bicyclic) bond motifs is 3. The van der Waals surface area contributed by atoms with Crippen LogP contribution in [-0.4, -0.2) is 28.2 Å². The van der Waals surface area contributed by atoms with Gasteiger partial charge in [-0.2, -0.15) is 0 Å². The maximum absolute atomic E-state index is 12.5. The van der Waals surface area contributed by atoms with Crippen LogP contribution in [0.25, 0.3) is 10.2 Å². The Bertz CT molecular complexity index is 810. The minimum atomic E-state index is -0.0721. The Kier molecular flexibility index (Phi) is 5.30. The van der Waals surface area contributed by atoms with Gasteiger partial charge in [0.1, 0.15) is 4.83 Å². The zero-order valence-corrected chi connectivity index (χ0v) is 15.9. The number of thiophene rings is 1. The molecule has 130 valence electrons. The normalized spacial score (nSPS) is 17.2. The van der Waals surface area contributed by atoms with E-state index < -0.39 is 0 Å². The van der Waals surface area contributed by atoms with Crippen LogP contribution in [0.2, 0.25) is 0 Å². The Morgan fingerprint density at radius 2 is 2.29 bits per heavy atom. The largest absolute Gasteiger partial charge is 0.355 e. The number of carbonyl (C=O) groups is 1. The van der Waals surface area contributed by atoms with Crippen molar-refractivity contribution in [3.63, 3.8) is 0 Å². The van der Waals surface area contributed by atoms with Crippen LogP contribution in [0.4, 0.5) is 0 Å². The summed E-state index contributed by atoms with van der Waals surface area (Å²) in [6, 6.07) is 0. The maximum atomic E-state index is 12.5. The first-order valence-electron chi connectivity index (χ1n) is 8.38. The van der Waals surface area contributed by atoms with Gasteiger partial charge in [-0.3, -0.25) is 9.59 Å². The predicted molar refractivity (Wildman–Crippen MR) is 100 cm³/mol. The van der Waals surface area contributed by atoms with Gasteiger partial charge in [-0.15, -0.1) is 11.3 Å². The second-order valence-electron chi connectivity index (χ2n) is 6.89. The Labute approximate surface area is 149 Å². The number of aromatic amines is 1. The molecule has 24 heavy (non-hydrogen) atoms. The average molecular weight is 366 g/mol. The molecule has 2 heterocycles. The van der Waals surface area contributed by atoms with Crippen LogP contribution in [0.3, 0.4) is 0 Å². The Morgan fingerprint density at radius 1 is 1.50 bits per heavy atom. The third-order valence-corrected chi connectivity index (χ3v) is 6.21. The Hall–Kier alpha value is -1.34. The monoisotopic (exact) mass is 365 g/mol. The molecule has 0 saturated carbocycles. The lowest BCUT2D eigenvalue weighted by Crippen LogP contribution is -2.28. The molecule has 0 bridgehead atoms. The number of amides is 1. The molecule has 2 aromatic heterocycles. The van der Waals surface area contributed by atoms with Crippen LogP contribution in [0.15, 0.2) is 9.95 Å². The number of rotatable bonds is 5. The van der Waals surface area contributed by atoms with Gasteiger partial charge in [0, 0.05) is 11.4 Å². The van der Waals surface area contributed by atoms with E-state index >= 15 is 0 Å². The molecule has 0 saturated heterocycles. The highest BCUT2D eigenvalue weighted by Crippen LogP contribution is 2.36. The topological polar surface area (TPSA) is 74.8 Å². The van der Waals surface area contributed by atoms with Gasteiger partial charge < -0.3 is 10.3 Å². The summed E-state index contributed by atoms with van der Waals surface area (Å²) in [7, 11) is 0. The fraction of sp³-hybridized carbons (Fsp3) is 0.588. The first kappa shape index (κ1) is 17.5. The number of aromatic nitrogens is 2. The van der Waals surface area contributed by atoms with Crippen molar-refractivity contribution in [2.24, 2.45) is 11.8 Å². The smallest absolute Gasteiger partial charge is 0.260 e. The van der Waals surface area contributed by atoms with E-state index in [1.165, 1.54) is 22.2 Å². The highest BCUT2D eigenvalue weighted by atomic mass is 32.2. The molecule has 7 heteroatoms. The van der Waals surface area contributed by atoms with Crippen LogP contribution in [0, 0.1) is 11.8 Å². The summed E-state index contributed by atoms with van der Waals surface area (Å²) in [4.78, 5) is 33.8. The standard InChI is InChI=1S/C17H23N3O2S2/c1-9(2)7-18-13(21)8-23-17-19-15(22)14-11-5-4-10(3)6-12(11)24-16(14)20-17/h9-10H,4-8H2,1-3H3,(H,18,21)(H,19,20,22)/t10-/m1/s1. The second-order valence-corrected chi connectivity index (χ2v) is 8.94. The van der Waals surface area contributed by atoms with Gasteiger partial charge in [0.2, 0.25) is 5.91 Å². The summed E-state index contributed by atoms with van der Waals surface area (Å²) in [6.07, 6.45) is 3.13. The number of thioether (sulfide) groups is 1. The number of aryl methyl sites for hydroxylation is 1. The van der Waals surface area contributed by atoms with E-state index in [0.29, 0.717) is 23.5 Å². The van der Waals surface area contributed by atoms with E-state index in [0.717, 1.165) is 29.5 Å². The molecule has 5 nitrogen and oxygen atoms in total. The van der Waals surface area contributed by atoms with Crippen LogP contribution < -0.4 is 10.9 Å². The van der Waals surface area contributed by atoms with E-state index in [4.69, 9.17) is 0 Å². The summed E-state index contributed by atoms with van der Waals surface area (Å²) in [5.41, 5.74) is 1.12. The van der Waals surface area contributed by atoms with E-state index in [9.17, 15) is 9.59 Å². The van der Waals surface area contributed by atoms with Gasteiger partial charge in [-0.05, 0) is 36.7 Å². The SMILES string of the molecule is CC(C)CNC(=O)CSc1nc2sc3c(c2c(=O)[nH]1)CC[C@@H](C)C3. The van der Waals surface area contributed by atoms with Crippen molar-refractivity contribution in [1.29, 1.82) is 0 Å². The molecule has 0 spiro atoms. The molecule has 1 aliphatic rings. The lowest BCUT2D eigenvalue weighted by atomic mass is 9.89. The molecule has 0 fully saturated rings. The molecule has 1 atom stereocenters. The minimum Gasteiger partial charge on any atom is -0.355 e. The van der Waals surface area contributed by atoms with Crippen molar-refractivity contribution >= 4 is 39.2 Å². The van der Waals surface area contributed by atoms with Crippen LogP contribution >= 0.6 is 23.1 Å². The Balaban J connectivity index is 1.76. The van der Waals surface area contributed by atoms with Gasteiger partial charge in [-0.25, -0.2) is 4.98 Å². The molecule has 0 radical (unpaired) electrons. The molecule has 0 aliphatic heterocycles. The highest BCUT2D eigenvalue weighted by molar-refractivity contribution is 7.99. The lowest BCUT2D eigenvalue weighted by molar-refractivity contribution is -0.118. The van der Waals surface area contributed by atoms with Crippen molar-refractivity contribution in [3.05, 3.63) is 20.8 Å². The lowest BCUT2D eigenvalue weighted by Gasteiger charge is -2.17. The molecule has 2 aromatic rings. The first-order valence-corrected chi connectivity index (χ1v) is 10.2. The van der Waals surface area contributed by atoms with Crippen molar-refractivity contribution in [2.45, 2.75) is 45.2 Å². The van der Waals surface area contributed by atoms with Crippen LogP contribution in [0.5, 0.6) is 0 Å². The van der Waals surface area contributed by atoms with E-state index in [-0.39, 0.29) is 17.2 Å². The molecule has 2 N–H and O–H groups in total. The molecule has 3 rings (SSSR count). The highest BCUT2D eigenvalue weighted by Gasteiger charge is 2.23. The molecule has 0 unspecified atom stereocenters. The van der Waals surface area contributed by atoms with Gasteiger partial charge in [0.15, 0.2) is 5.16 Å². The number of hydrogen-bond acceptors (Lipinski definition) is 5. The van der Waals surface area contributed by atoms with E-state index in [2.05, 4.69) is 36.1 Å². The van der Waals surface area contributed by atoms with Gasteiger partial charge >= 0.3 is 0 Å². The molecule has 0 aromatic carbocycles. The van der Waals surface area contributed by atoms with Gasteiger partial charge in [-0.1, -0.05) is 32.5 Å². The molecular weight excluding hydrogens is 342 g/mol. The van der Waals surface area contributed by atoms with Crippen LogP contribution in [-0.2, 0) is 17.6 Å². The fourth-order valence-corrected chi connectivity index (χ4v) is 5.03. The summed E-state index contributed by atoms with van der Waals surface area (Å²) < 4.78 is 0. The summed E-state index contributed by atoms with van der Waals surface area (Å²) in [5, 5.41) is 4.16. The Morgan fingerprint density at radius 3 is 3.04 bits per heavy atom. The summed E-state index contributed by atoms with van der Waals surface area (Å²) in [6.45, 7) is 7.03. The third kappa shape index (κ3) is 3.83. The van der Waals surface area contributed by atoms with Gasteiger partial charge in [0.25, 0.3) is 5.56 Å². The van der Waals surface area contributed by atoms with Crippen molar-refractivity contribution < 1.29 is 4.79 Å². The first-order chi connectivity index (χ1) is 11.4. The van der Waals surface area contributed by atoms with Crippen molar-refractivity contribution in [1.82, 2.24) is 15.3 Å². The average Bonchev–Trinajstić information content (AvgIpc) is 2.88. The number of carbonyl (C=O) groups excluding carboxylic acids is 1. The number of nitrogens with one attached hydrogen (secondary N) is 2. The second kappa shape index (κ2) is 7.27. The zero-order valence-electron chi connectivity index (χ0n) is 14.3. The summed E-state index contributed by atoms with van der Waals surface area (Å²) in [5.74, 6) is 1.33. The summed E-state index contributed by atoms with van der Waals surface area (Å²) >= 11 is 2.92. The molecule has 1 aliphatic carbocycles. The van der Waals surface area contributed by atoms with Gasteiger partial charge in [0.05, 0.1) is 11.1 Å².